The predicted molar refractivity (Wildman–Crippen MR) is 76.3 cm³/mol. The Bertz CT molecular complexity index is 775. The number of hydrogen-bond acceptors (Lipinski definition) is 4. The van der Waals surface area contributed by atoms with Gasteiger partial charge in [0.2, 0.25) is 10.0 Å². The standard InChI is InChI=1S/C14H14FNO4S/c1-19-11-7-6-9(8-13(11)21(16,17)18)14-10(15)4-3-5-12(14)20-2/h3-8H,1-2H3,(H2,16,17,18). The third kappa shape index (κ3) is 2.98. The van der Waals surface area contributed by atoms with E-state index in [2.05, 4.69) is 0 Å². The number of ether oxygens (including phenoxy) is 2. The average Bonchev–Trinajstić information content (AvgIpc) is 2.45. The zero-order valence-corrected chi connectivity index (χ0v) is 12.3. The fourth-order valence-corrected chi connectivity index (χ4v) is 2.73. The van der Waals surface area contributed by atoms with Crippen LogP contribution in [0.3, 0.4) is 0 Å². The molecule has 0 aliphatic rings. The molecule has 0 aromatic heterocycles. The second kappa shape index (κ2) is 5.71. The molecule has 5 nitrogen and oxygen atoms in total. The molecule has 0 atom stereocenters. The number of sulfonamides is 1. The minimum Gasteiger partial charge on any atom is -0.496 e. The Morgan fingerprint density at radius 1 is 1.05 bits per heavy atom. The fraction of sp³-hybridized carbons (Fsp3) is 0.143. The van der Waals surface area contributed by atoms with Crippen molar-refractivity contribution in [3.8, 4) is 22.6 Å². The summed E-state index contributed by atoms with van der Waals surface area (Å²) in [5.41, 5.74) is 0.488. The van der Waals surface area contributed by atoms with Crippen LogP contribution in [0.5, 0.6) is 11.5 Å². The molecule has 0 radical (unpaired) electrons. The molecule has 2 rings (SSSR count). The van der Waals surface area contributed by atoms with Gasteiger partial charge in [0.25, 0.3) is 0 Å². The third-order valence-electron chi connectivity index (χ3n) is 2.95. The van der Waals surface area contributed by atoms with Crippen LogP contribution in [-0.2, 0) is 10.0 Å². The first kappa shape index (κ1) is 15.3. The maximum atomic E-state index is 14.0. The van der Waals surface area contributed by atoms with Crippen molar-refractivity contribution < 1.29 is 22.3 Å². The van der Waals surface area contributed by atoms with E-state index in [-0.39, 0.29) is 16.2 Å². The van der Waals surface area contributed by atoms with Crippen molar-refractivity contribution in [2.45, 2.75) is 4.90 Å². The third-order valence-corrected chi connectivity index (χ3v) is 3.89. The summed E-state index contributed by atoms with van der Waals surface area (Å²) in [6.07, 6.45) is 0. The van der Waals surface area contributed by atoms with E-state index in [1.54, 1.807) is 6.07 Å². The van der Waals surface area contributed by atoms with Gasteiger partial charge in [-0.2, -0.15) is 0 Å². The van der Waals surface area contributed by atoms with E-state index in [1.165, 1.54) is 44.6 Å². The van der Waals surface area contributed by atoms with Gasteiger partial charge in [-0.25, -0.2) is 17.9 Å². The molecule has 0 amide bonds. The monoisotopic (exact) mass is 311 g/mol. The Morgan fingerprint density at radius 2 is 1.71 bits per heavy atom. The van der Waals surface area contributed by atoms with Crippen molar-refractivity contribution in [3.63, 3.8) is 0 Å². The number of nitrogens with two attached hydrogens (primary N) is 1. The second-order valence-corrected chi connectivity index (χ2v) is 5.76. The molecule has 0 spiro atoms. The topological polar surface area (TPSA) is 78.6 Å². The van der Waals surface area contributed by atoms with Crippen LogP contribution in [-0.4, -0.2) is 22.6 Å². The molecule has 7 heteroatoms. The van der Waals surface area contributed by atoms with Crippen molar-refractivity contribution in [1.29, 1.82) is 0 Å². The maximum absolute atomic E-state index is 14.0. The molecule has 0 saturated carbocycles. The van der Waals surface area contributed by atoms with E-state index in [0.29, 0.717) is 11.3 Å². The van der Waals surface area contributed by atoms with Crippen molar-refractivity contribution in [1.82, 2.24) is 0 Å². The average molecular weight is 311 g/mol. The van der Waals surface area contributed by atoms with Crippen molar-refractivity contribution in [2.24, 2.45) is 5.14 Å². The number of methoxy groups -OCH3 is 2. The van der Waals surface area contributed by atoms with E-state index in [4.69, 9.17) is 14.6 Å². The number of primary sulfonamides is 1. The molecule has 0 saturated heterocycles. The molecule has 21 heavy (non-hydrogen) atoms. The van der Waals surface area contributed by atoms with Crippen LogP contribution < -0.4 is 14.6 Å². The van der Waals surface area contributed by atoms with E-state index >= 15 is 0 Å². The van der Waals surface area contributed by atoms with E-state index < -0.39 is 15.8 Å². The highest BCUT2D eigenvalue weighted by atomic mass is 32.2. The first-order valence-corrected chi connectivity index (χ1v) is 7.47. The van der Waals surface area contributed by atoms with E-state index in [9.17, 15) is 12.8 Å². The Balaban J connectivity index is 2.73. The number of rotatable bonds is 4. The van der Waals surface area contributed by atoms with Crippen LogP contribution in [0, 0.1) is 5.82 Å². The minimum atomic E-state index is -4.00. The van der Waals surface area contributed by atoms with Gasteiger partial charge >= 0.3 is 0 Å². The van der Waals surface area contributed by atoms with Gasteiger partial charge in [-0.1, -0.05) is 12.1 Å². The fourth-order valence-electron chi connectivity index (χ4n) is 2.01. The van der Waals surface area contributed by atoms with Crippen LogP contribution in [0.1, 0.15) is 0 Å². The molecule has 0 unspecified atom stereocenters. The van der Waals surface area contributed by atoms with Gasteiger partial charge in [-0.15, -0.1) is 0 Å². The highest BCUT2D eigenvalue weighted by molar-refractivity contribution is 7.89. The second-order valence-electron chi connectivity index (χ2n) is 4.23. The van der Waals surface area contributed by atoms with Crippen LogP contribution in [0.25, 0.3) is 11.1 Å². The van der Waals surface area contributed by atoms with Crippen LogP contribution >= 0.6 is 0 Å². The van der Waals surface area contributed by atoms with Gasteiger partial charge in [0.1, 0.15) is 22.2 Å². The lowest BCUT2D eigenvalue weighted by Crippen LogP contribution is -2.13. The molecule has 0 bridgehead atoms. The summed E-state index contributed by atoms with van der Waals surface area (Å²) in [6.45, 7) is 0. The van der Waals surface area contributed by atoms with Crippen LogP contribution in [0.4, 0.5) is 4.39 Å². The largest absolute Gasteiger partial charge is 0.496 e. The number of benzene rings is 2. The molecule has 0 aliphatic carbocycles. The Kier molecular flexibility index (Phi) is 4.15. The zero-order chi connectivity index (χ0) is 15.6. The van der Waals surface area contributed by atoms with Gasteiger partial charge < -0.3 is 9.47 Å². The number of halogens is 1. The van der Waals surface area contributed by atoms with Crippen molar-refractivity contribution in [3.05, 3.63) is 42.2 Å². The van der Waals surface area contributed by atoms with E-state index in [0.717, 1.165) is 0 Å². The van der Waals surface area contributed by atoms with Gasteiger partial charge in [0.05, 0.1) is 19.8 Å². The lowest BCUT2D eigenvalue weighted by molar-refractivity contribution is 0.402. The molecule has 0 heterocycles. The summed E-state index contributed by atoms with van der Waals surface area (Å²) >= 11 is 0. The smallest absolute Gasteiger partial charge is 0.241 e. The molecular formula is C14H14FNO4S. The zero-order valence-electron chi connectivity index (χ0n) is 11.5. The quantitative estimate of drug-likeness (QED) is 0.938. The Labute approximate surface area is 122 Å². The molecule has 112 valence electrons. The summed E-state index contributed by atoms with van der Waals surface area (Å²) in [7, 11) is -1.26. The van der Waals surface area contributed by atoms with Gasteiger partial charge in [0.15, 0.2) is 0 Å². The summed E-state index contributed by atoms with van der Waals surface area (Å²) < 4.78 is 47.3. The maximum Gasteiger partial charge on any atom is 0.241 e. The molecular weight excluding hydrogens is 297 g/mol. The van der Waals surface area contributed by atoms with Crippen molar-refractivity contribution in [2.75, 3.05) is 14.2 Å². The highest BCUT2D eigenvalue weighted by Crippen LogP contribution is 2.35. The first-order valence-electron chi connectivity index (χ1n) is 5.92. The SMILES string of the molecule is COc1ccc(-c2c(F)cccc2OC)cc1S(N)(=O)=O. The van der Waals surface area contributed by atoms with E-state index in [1.807, 2.05) is 0 Å². The predicted octanol–water partition coefficient (Wildman–Crippen LogP) is 2.16. The first-order chi connectivity index (χ1) is 9.88. The lowest BCUT2D eigenvalue weighted by Gasteiger charge is -2.12. The molecule has 2 aromatic carbocycles. The van der Waals surface area contributed by atoms with Crippen LogP contribution in [0.15, 0.2) is 41.3 Å². The molecule has 0 fully saturated rings. The minimum absolute atomic E-state index is 0.0940. The summed E-state index contributed by atoms with van der Waals surface area (Å²) in [6, 6.07) is 8.56. The summed E-state index contributed by atoms with van der Waals surface area (Å²) in [5, 5.41) is 5.16. The van der Waals surface area contributed by atoms with Gasteiger partial charge in [0, 0.05) is 0 Å². The lowest BCUT2D eigenvalue weighted by atomic mass is 10.0. The van der Waals surface area contributed by atoms with Gasteiger partial charge in [-0.3, -0.25) is 0 Å². The van der Waals surface area contributed by atoms with Gasteiger partial charge in [-0.05, 0) is 29.8 Å². The summed E-state index contributed by atoms with van der Waals surface area (Å²) in [5.74, 6) is -0.142. The highest BCUT2D eigenvalue weighted by Gasteiger charge is 2.19. The van der Waals surface area contributed by atoms with Crippen LogP contribution in [0.2, 0.25) is 0 Å². The molecule has 2 aromatic rings. The Morgan fingerprint density at radius 3 is 2.29 bits per heavy atom. The molecule has 0 aliphatic heterocycles. The Hall–Kier alpha value is -2.12. The number of hydrogen-bond donors (Lipinski definition) is 1. The van der Waals surface area contributed by atoms with Crippen molar-refractivity contribution >= 4 is 10.0 Å². The molecule has 2 N–H and O–H groups in total. The summed E-state index contributed by atoms with van der Waals surface area (Å²) in [4.78, 5) is -0.215. The normalized spacial score (nSPS) is 11.2.